The van der Waals surface area contributed by atoms with Gasteiger partial charge in [-0.05, 0) is 39.0 Å². The first-order valence-electron chi connectivity index (χ1n) is 5.91. The molecule has 1 saturated heterocycles. The van der Waals surface area contributed by atoms with Crippen molar-refractivity contribution in [1.82, 2.24) is 4.90 Å². The van der Waals surface area contributed by atoms with Gasteiger partial charge in [0.2, 0.25) is 0 Å². The molecular formula is C12H19NO4. The van der Waals surface area contributed by atoms with E-state index in [1.807, 2.05) is 20.8 Å². The summed E-state index contributed by atoms with van der Waals surface area (Å²) in [5.41, 5.74) is -0.537. The molecule has 5 nitrogen and oxygen atoms in total. The van der Waals surface area contributed by atoms with E-state index in [1.165, 1.54) is 12.0 Å². The number of likely N-dealkylation sites (tertiary alicyclic amines) is 1. The highest BCUT2D eigenvalue weighted by Crippen LogP contribution is 2.50. The molecule has 1 saturated carbocycles. The highest BCUT2D eigenvalue weighted by atomic mass is 16.6. The number of carbonyl (C=O) groups excluding carboxylic acids is 2. The second kappa shape index (κ2) is 3.89. The maximum Gasteiger partial charge on any atom is 0.411 e. The van der Waals surface area contributed by atoms with Gasteiger partial charge in [-0.25, -0.2) is 9.59 Å². The molecule has 2 fully saturated rings. The predicted molar refractivity (Wildman–Crippen MR) is 60.3 cm³/mol. The van der Waals surface area contributed by atoms with E-state index >= 15 is 0 Å². The van der Waals surface area contributed by atoms with Crippen LogP contribution in [0.5, 0.6) is 0 Å². The van der Waals surface area contributed by atoms with Crippen molar-refractivity contribution < 1.29 is 19.1 Å². The summed E-state index contributed by atoms with van der Waals surface area (Å²) in [4.78, 5) is 25.1. The molecule has 1 heterocycles. The summed E-state index contributed by atoms with van der Waals surface area (Å²) in [6.07, 6.45) is 0.596. The monoisotopic (exact) mass is 241 g/mol. The summed E-state index contributed by atoms with van der Waals surface area (Å²) >= 11 is 0. The number of methoxy groups -OCH3 is 1. The van der Waals surface area contributed by atoms with Crippen molar-refractivity contribution in [1.29, 1.82) is 0 Å². The molecule has 2 rings (SSSR count). The number of carbonyl (C=O) groups is 2. The minimum atomic E-state index is -0.537. The Bertz CT molecular complexity index is 347. The van der Waals surface area contributed by atoms with Crippen LogP contribution in [0.3, 0.4) is 0 Å². The normalized spacial score (nSPS) is 30.8. The Morgan fingerprint density at radius 1 is 1.29 bits per heavy atom. The van der Waals surface area contributed by atoms with Gasteiger partial charge in [-0.3, -0.25) is 4.90 Å². The van der Waals surface area contributed by atoms with E-state index in [9.17, 15) is 9.59 Å². The maximum atomic E-state index is 12.0. The highest BCUT2D eigenvalue weighted by Gasteiger charge is 2.58. The van der Waals surface area contributed by atoms with Gasteiger partial charge in [-0.15, -0.1) is 0 Å². The molecule has 1 aliphatic heterocycles. The number of hydrogen-bond acceptors (Lipinski definition) is 4. The van der Waals surface area contributed by atoms with Crippen molar-refractivity contribution in [2.75, 3.05) is 13.7 Å². The Kier molecular flexibility index (Phi) is 2.79. The van der Waals surface area contributed by atoms with E-state index in [2.05, 4.69) is 0 Å². The second-order valence-corrected chi connectivity index (χ2v) is 5.76. The minimum absolute atomic E-state index is 0.273. The van der Waals surface area contributed by atoms with Gasteiger partial charge in [0.25, 0.3) is 0 Å². The van der Waals surface area contributed by atoms with Crippen LogP contribution in [0.2, 0.25) is 0 Å². The fourth-order valence-corrected chi connectivity index (χ4v) is 2.40. The molecule has 1 amide bonds. The van der Waals surface area contributed by atoms with E-state index in [0.717, 1.165) is 6.42 Å². The molecule has 0 bridgehead atoms. The Morgan fingerprint density at radius 3 is 2.47 bits per heavy atom. The van der Waals surface area contributed by atoms with Crippen molar-refractivity contribution >= 4 is 12.1 Å². The predicted octanol–water partition coefficient (Wildman–Crippen LogP) is 1.41. The summed E-state index contributed by atoms with van der Waals surface area (Å²) in [5.74, 6) is 0.391. The molecule has 2 aliphatic rings. The van der Waals surface area contributed by atoms with Gasteiger partial charge in [0, 0.05) is 6.54 Å². The lowest BCUT2D eigenvalue weighted by molar-refractivity contribution is -0.146. The smallest absolute Gasteiger partial charge is 0.411 e. The molecule has 3 atom stereocenters. The van der Waals surface area contributed by atoms with Crippen LogP contribution < -0.4 is 0 Å². The van der Waals surface area contributed by atoms with Gasteiger partial charge in [0.15, 0.2) is 0 Å². The average Bonchev–Trinajstić information content (AvgIpc) is 2.86. The third-order valence-electron chi connectivity index (χ3n) is 3.22. The molecule has 17 heavy (non-hydrogen) atoms. The lowest BCUT2D eigenvalue weighted by atomic mass is 10.2. The zero-order chi connectivity index (χ0) is 12.8. The Balaban J connectivity index is 2.05. The van der Waals surface area contributed by atoms with Gasteiger partial charge < -0.3 is 9.47 Å². The summed E-state index contributed by atoms with van der Waals surface area (Å²) in [6, 6.07) is -0.445. The van der Waals surface area contributed by atoms with Crippen LogP contribution in [-0.4, -0.2) is 42.3 Å². The molecule has 0 aromatic carbocycles. The topological polar surface area (TPSA) is 55.8 Å². The first-order chi connectivity index (χ1) is 7.83. The Labute approximate surface area is 101 Å². The fourth-order valence-electron chi connectivity index (χ4n) is 2.40. The van der Waals surface area contributed by atoms with Gasteiger partial charge in [-0.1, -0.05) is 0 Å². The van der Waals surface area contributed by atoms with Crippen molar-refractivity contribution in [3.05, 3.63) is 0 Å². The number of ether oxygens (including phenoxy) is 2. The summed E-state index contributed by atoms with van der Waals surface area (Å²) in [7, 11) is 1.35. The number of hydrogen-bond donors (Lipinski definition) is 0. The number of esters is 1. The van der Waals surface area contributed by atoms with Gasteiger partial charge in [0.05, 0.1) is 7.11 Å². The number of nitrogens with zero attached hydrogens (tertiary/aromatic N) is 1. The van der Waals surface area contributed by atoms with Crippen LogP contribution in [0.1, 0.15) is 27.2 Å². The summed E-state index contributed by atoms with van der Waals surface area (Å²) < 4.78 is 10.0. The maximum absolute atomic E-state index is 12.0. The number of piperidine rings is 1. The molecule has 0 radical (unpaired) electrons. The molecule has 0 N–H and O–H groups in total. The first-order valence-corrected chi connectivity index (χ1v) is 5.91. The molecular weight excluding hydrogens is 222 g/mol. The molecule has 0 spiro atoms. The van der Waals surface area contributed by atoms with Crippen molar-refractivity contribution in [2.45, 2.75) is 38.8 Å². The van der Waals surface area contributed by atoms with Crippen LogP contribution in [0.4, 0.5) is 4.79 Å². The molecule has 1 aliphatic carbocycles. The number of rotatable bonds is 1. The zero-order valence-electron chi connectivity index (χ0n) is 10.7. The molecule has 0 unspecified atom stereocenters. The van der Waals surface area contributed by atoms with Gasteiger partial charge in [-0.2, -0.15) is 0 Å². The van der Waals surface area contributed by atoms with E-state index in [1.54, 1.807) is 0 Å². The Morgan fingerprint density at radius 2 is 1.94 bits per heavy atom. The quantitative estimate of drug-likeness (QED) is 0.651. The van der Waals surface area contributed by atoms with Crippen LogP contribution in [0, 0.1) is 11.8 Å². The minimum Gasteiger partial charge on any atom is -0.467 e. The fraction of sp³-hybridized carbons (Fsp3) is 0.833. The van der Waals surface area contributed by atoms with Gasteiger partial charge in [0.1, 0.15) is 11.6 Å². The third-order valence-corrected chi connectivity index (χ3v) is 3.22. The second-order valence-electron chi connectivity index (χ2n) is 5.76. The van der Waals surface area contributed by atoms with Crippen molar-refractivity contribution in [3.8, 4) is 0 Å². The number of fused-ring (bicyclic) bond motifs is 1. The van der Waals surface area contributed by atoms with Gasteiger partial charge >= 0.3 is 12.1 Å². The van der Waals surface area contributed by atoms with Crippen LogP contribution in [-0.2, 0) is 14.3 Å². The third kappa shape index (κ3) is 2.37. The van der Waals surface area contributed by atoms with E-state index in [0.29, 0.717) is 12.5 Å². The molecule has 0 aromatic heterocycles. The average molecular weight is 241 g/mol. The molecule has 5 heteroatoms. The van der Waals surface area contributed by atoms with E-state index < -0.39 is 17.7 Å². The number of amides is 1. The lowest BCUT2D eigenvalue weighted by Gasteiger charge is -2.28. The highest BCUT2D eigenvalue weighted by molar-refractivity contribution is 5.83. The summed E-state index contributed by atoms with van der Waals surface area (Å²) in [6.45, 7) is 6.05. The van der Waals surface area contributed by atoms with Crippen LogP contribution >= 0.6 is 0 Å². The van der Waals surface area contributed by atoms with E-state index in [4.69, 9.17) is 9.47 Å². The van der Waals surface area contributed by atoms with Crippen molar-refractivity contribution in [3.63, 3.8) is 0 Å². The van der Waals surface area contributed by atoms with Crippen molar-refractivity contribution in [2.24, 2.45) is 11.8 Å². The molecule has 0 aromatic rings. The zero-order valence-corrected chi connectivity index (χ0v) is 10.7. The summed E-state index contributed by atoms with van der Waals surface area (Å²) in [5, 5.41) is 0. The largest absolute Gasteiger partial charge is 0.467 e. The van der Waals surface area contributed by atoms with E-state index in [-0.39, 0.29) is 11.9 Å². The first kappa shape index (κ1) is 12.2. The molecule has 96 valence electrons. The SMILES string of the molecule is COC(=O)[C@@H]1[C@H]2C[C@H]2CN1C(=O)OC(C)(C)C. The van der Waals surface area contributed by atoms with Crippen LogP contribution in [0.15, 0.2) is 0 Å². The Hall–Kier alpha value is -1.26. The standard InChI is InChI=1S/C12H19NO4/c1-12(2,3)17-11(15)13-6-7-5-8(7)9(13)10(14)16-4/h7-9H,5-6H2,1-4H3/t7-,8-,9-/m0/s1. The lowest BCUT2D eigenvalue weighted by Crippen LogP contribution is -2.46. The van der Waals surface area contributed by atoms with Crippen LogP contribution in [0.25, 0.3) is 0 Å².